The third-order valence-corrected chi connectivity index (χ3v) is 10.5. The van der Waals surface area contributed by atoms with Crippen LogP contribution in [0.4, 0.5) is 0 Å². The van der Waals surface area contributed by atoms with Gasteiger partial charge in [-0.1, -0.05) is 27.7 Å². The highest BCUT2D eigenvalue weighted by Crippen LogP contribution is 2.88. The summed E-state index contributed by atoms with van der Waals surface area (Å²) >= 11 is 0. The van der Waals surface area contributed by atoms with Gasteiger partial charge in [-0.3, -0.25) is 0 Å². The van der Waals surface area contributed by atoms with Gasteiger partial charge in [0.25, 0.3) is 0 Å². The summed E-state index contributed by atoms with van der Waals surface area (Å²) in [5, 5.41) is 0. The van der Waals surface area contributed by atoms with Gasteiger partial charge in [0.15, 0.2) is 0 Å². The molecule has 6 fully saturated rings. The van der Waals surface area contributed by atoms with E-state index < -0.39 is 0 Å². The molecule has 3 saturated carbocycles. The minimum atomic E-state index is -0.270. The second-order valence-electron chi connectivity index (χ2n) is 11.6. The summed E-state index contributed by atoms with van der Waals surface area (Å²) in [7, 11) is 3.79. The second kappa shape index (κ2) is 5.16. The van der Waals surface area contributed by atoms with E-state index in [1.165, 1.54) is 0 Å². The molecule has 3 heterocycles. The number of rotatable bonds is 2. The maximum atomic E-state index is 6.72. The molecule has 0 radical (unpaired) electrons. The average Bonchev–Trinajstić information content (AvgIpc) is 3.37. The van der Waals surface area contributed by atoms with Crippen LogP contribution in [0.2, 0.25) is 0 Å². The van der Waals surface area contributed by atoms with Gasteiger partial charge in [-0.25, -0.2) is 0 Å². The number of methoxy groups -OCH3 is 2. The molecule has 10 atom stereocenters. The Bertz CT molecular complexity index is 704. The first-order chi connectivity index (χ1) is 13.3. The second-order valence-corrected chi connectivity index (χ2v) is 11.6. The van der Waals surface area contributed by atoms with Crippen LogP contribution in [0.25, 0.3) is 0 Å². The predicted octanol–water partition coefficient (Wildman–Crippen LogP) is 3.05. The van der Waals surface area contributed by atoms with Crippen molar-refractivity contribution in [3.63, 3.8) is 0 Å². The van der Waals surface area contributed by atoms with Crippen molar-refractivity contribution in [2.24, 2.45) is 33.5 Å². The van der Waals surface area contributed by atoms with E-state index in [-0.39, 0.29) is 51.7 Å². The SMILES string of the molecule is CO[C@H]1COC2CC34COC5C[C@@H](C(C)(C)C)C21C53CC1OC[C@@H](C)[C@@]14OC. The zero-order valence-electron chi connectivity index (χ0n) is 18.2. The average molecular weight is 393 g/mol. The van der Waals surface area contributed by atoms with Crippen molar-refractivity contribution in [2.75, 3.05) is 34.0 Å². The van der Waals surface area contributed by atoms with Crippen LogP contribution in [0.5, 0.6) is 0 Å². The van der Waals surface area contributed by atoms with E-state index in [2.05, 4.69) is 27.7 Å². The van der Waals surface area contributed by atoms with Gasteiger partial charge in [0.05, 0.1) is 44.2 Å². The van der Waals surface area contributed by atoms with Crippen LogP contribution in [0.3, 0.4) is 0 Å². The zero-order chi connectivity index (χ0) is 19.7. The van der Waals surface area contributed by atoms with E-state index in [0.717, 1.165) is 32.5 Å². The van der Waals surface area contributed by atoms with Crippen LogP contribution >= 0.6 is 0 Å². The molecule has 3 aliphatic heterocycles. The fourth-order valence-corrected chi connectivity index (χ4v) is 10.1. The fraction of sp³-hybridized carbons (Fsp3) is 1.00. The molecule has 0 amide bonds. The van der Waals surface area contributed by atoms with Crippen molar-refractivity contribution in [2.45, 2.75) is 77.0 Å². The Morgan fingerprint density at radius 1 is 0.929 bits per heavy atom. The Kier molecular flexibility index (Phi) is 3.42. The Balaban J connectivity index is 1.64. The molecular formula is C23H36O5. The van der Waals surface area contributed by atoms with Gasteiger partial charge in [0.1, 0.15) is 5.60 Å². The van der Waals surface area contributed by atoms with Gasteiger partial charge in [-0.15, -0.1) is 0 Å². The van der Waals surface area contributed by atoms with Crippen LogP contribution in [0, 0.1) is 33.5 Å². The summed E-state index contributed by atoms with van der Waals surface area (Å²) in [5.41, 5.74) is -0.129. The van der Waals surface area contributed by atoms with Gasteiger partial charge >= 0.3 is 0 Å². The van der Waals surface area contributed by atoms with E-state index in [4.69, 9.17) is 23.7 Å². The van der Waals surface area contributed by atoms with E-state index in [9.17, 15) is 0 Å². The largest absolute Gasteiger partial charge is 0.378 e. The molecule has 5 heteroatoms. The molecule has 158 valence electrons. The molecule has 2 spiro atoms. The van der Waals surface area contributed by atoms with Gasteiger partial charge in [0, 0.05) is 36.4 Å². The maximum absolute atomic E-state index is 6.72. The third-order valence-electron chi connectivity index (χ3n) is 10.5. The highest BCUT2D eigenvalue weighted by atomic mass is 16.6. The maximum Gasteiger partial charge on any atom is 0.107 e. The molecule has 0 bridgehead atoms. The summed E-state index contributed by atoms with van der Waals surface area (Å²) in [6.07, 6.45) is 3.93. The molecule has 3 saturated heterocycles. The molecule has 6 unspecified atom stereocenters. The van der Waals surface area contributed by atoms with Crippen LogP contribution in [0.1, 0.15) is 47.0 Å². The summed E-state index contributed by atoms with van der Waals surface area (Å²) in [6.45, 7) is 11.8. The van der Waals surface area contributed by atoms with Crippen molar-refractivity contribution < 1.29 is 23.7 Å². The zero-order valence-corrected chi connectivity index (χ0v) is 18.2. The van der Waals surface area contributed by atoms with E-state index in [1.54, 1.807) is 0 Å². The molecule has 0 aromatic carbocycles. The standard InChI is InChI=1S/C23H36O5/c1-13-10-26-17-9-21-15-7-14(19(2,3)4)22(21)16(27-11-18(22)24-5)8-20(21,12-28-15)23(13,17)25-6/h13-18H,7-12H2,1-6H3/t13-,14+,15?,16?,17?,18+,20?,21?,22?,23-/m1/s1. The summed E-state index contributed by atoms with van der Waals surface area (Å²) in [4.78, 5) is 0. The normalized spacial score (nSPS) is 61.5. The quantitative estimate of drug-likeness (QED) is 0.723. The Labute approximate surface area is 168 Å². The summed E-state index contributed by atoms with van der Waals surface area (Å²) in [6, 6.07) is 0. The lowest BCUT2D eigenvalue weighted by Crippen LogP contribution is -2.60. The molecule has 6 aliphatic rings. The van der Waals surface area contributed by atoms with Gasteiger partial charge in [-0.2, -0.15) is 0 Å². The Hall–Kier alpha value is -0.200. The van der Waals surface area contributed by atoms with E-state index in [1.807, 2.05) is 14.2 Å². The molecule has 5 nitrogen and oxygen atoms in total. The number of hydrogen-bond acceptors (Lipinski definition) is 5. The van der Waals surface area contributed by atoms with Crippen molar-refractivity contribution in [1.82, 2.24) is 0 Å². The molecule has 0 aromatic heterocycles. The fourth-order valence-electron chi connectivity index (χ4n) is 10.1. The summed E-state index contributed by atoms with van der Waals surface area (Å²) in [5.74, 6) is 0.877. The first-order valence-electron chi connectivity index (χ1n) is 11.2. The van der Waals surface area contributed by atoms with Crippen molar-refractivity contribution in [3.8, 4) is 0 Å². The Morgan fingerprint density at radius 3 is 2.36 bits per heavy atom. The highest BCUT2D eigenvalue weighted by molar-refractivity contribution is 5.41. The highest BCUT2D eigenvalue weighted by Gasteiger charge is 2.94. The van der Waals surface area contributed by atoms with Gasteiger partial charge in [0.2, 0.25) is 0 Å². The minimum Gasteiger partial charge on any atom is -0.378 e. The van der Waals surface area contributed by atoms with Crippen LogP contribution in [-0.4, -0.2) is 64.1 Å². The molecular weight excluding hydrogens is 356 g/mol. The van der Waals surface area contributed by atoms with Crippen molar-refractivity contribution >= 4 is 0 Å². The molecule has 0 aromatic rings. The molecule has 3 aliphatic carbocycles. The monoisotopic (exact) mass is 392 g/mol. The smallest absolute Gasteiger partial charge is 0.107 e. The van der Waals surface area contributed by atoms with E-state index in [0.29, 0.717) is 18.4 Å². The number of fused-ring (bicyclic) bond motifs is 1. The predicted molar refractivity (Wildman–Crippen MR) is 103 cm³/mol. The first-order valence-corrected chi connectivity index (χ1v) is 11.2. The minimum absolute atomic E-state index is 0.0138. The van der Waals surface area contributed by atoms with Crippen molar-refractivity contribution in [1.29, 1.82) is 0 Å². The van der Waals surface area contributed by atoms with Gasteiger partial charge in [-0.05, 0) is 30.6 Å². The molecule has 0 N–H and O–H groups in total. The van der Waals surface area contributed by atoms with Gasteiger partial charge < -0.3 is 23.7 Å². The van der Waals surface area contributed by atoms with Crippen LogP contribution in [-0.2, 0) is 23.7 Å². The molecule has 6 rings (SSSR count). The lowest BCUT2D eigenvalue weighted by atomic mass is 9.51. The van der Waals surface area contributed by atoms with Crippen LogP contribution in [0.15, 0.2) is 0 Å². The number of ether oxygens (including phenoxy) is 5. The van der Waals surface area contributed by atoms with Crippen molar-refractivity contribution in [3.05, 3.63) is 0 Å². The van der Waals surface area contributed by atoms with E-state index >= 15 is 0 Å². The lowest BCUT2D eigenvalue weighted by molar-refractivity contribution is -0.162. The first kappa shape index (κ1) is 18.6. The Morgan fingerprint density at radius 2 is 1.68 bits per heavy atom. The summed E-state index contributed by atoms with van der Waals surface area (Å²) < 4.78 is 32.5. The van der Waals surface area contributed by atoms with Crippen LogP contribution < -0.4 is 0 Å². The lowest BCUT2D eigenvalue weighted by Gasteiger charge is -2.53. The third kappa shape index (κ3) is 1.47. The topological polar surface area (TPSA) is 46.2 Å². The molecule has 28 heavy (non-hydrogen) atoms. The number of hydrogen-bond donors (Lipinski definition) is 0.